The van der Waals surface area contributed by atoms with Crippen molar-refractivity contribution in [3.8, 4) is 5.75 Å². The highest BCUT2D eigenvalue weighted by molar-refractivity contribution is 5.51. The normalized spacial score (nSPS) is 10.6. The predicted molar refractivity (Wildman–Crippen MR) is 52.3 cm³/mol. The van der Waals surface area contributed by atoms with Crippen LogP contribution in [0.25, 0.3) is 0 Å². The van der Waals surface area contributed by atoms with E-state index in [9.17, 15) is 18.0 Å². The third-order valence-corrected chi connectivity index (χ3v) is 2.13. The van der Waals surface area contributed by atoms with Crippen LogP contribution in [-0.2, 0) is 11.2 Å². The van der Waals surface area contributed by atoms with Crippen LogP contribution in [0.1, 0.15) is 24.0 Å². The van der Waals surface area contributed by atoms with Crippen LogP contribution in [-0.4, -0.2) is 13.4 Å². The van der Waals surface area contributed by atoms with E-state index in [0.717, 1.165) is 12.1 Å². The number of methoxy groups -OCH3 is 1. The van der Waals surface area contributed by atoms with Gasteiger partial charge in [-0.05, 0) is 24.1 Å². The molecule has 16 heavy (non-hydrogen) atoms. The van der Waals surface area contributed by atoms with Crippen LogP contribution in [0.5, 0.6) is 5.75 Å². The van der Waals surface area contributed by atoms with Crippen molar-refractivity contribution in [2.24, 2.45) is 0 Å². The Morgan fingerprint density at radius 1 is 1.44 bits per heavy atom. The van der Waals surface area contributed by atoms with Gasteiger partial charge in [0.1, 0.15) is 6.29 Å². The number of rotatable bonds is 5. The highest BCUT2D eigenvalue weighted by Gasteiger charge is 2.16. The lowest BCUT2D eigenvalue weighted by atomic mass is 10.0. The lowest BCUT2D eigenvalue weighted by Crippen LogP contribution is -1.99. The molecule has 2 nitrogen and oxygen atoms in total. The molecular formula is C11H11F3O2. The molecule has 0 aliphatic heterocycles. The van der Waals surface area contributed by atoms with Crippen molar-refractivity contribution < 1.29 is 22.7 Å². The average Bonchev–Trinajstić information content (AvgIpc) is 2.25. The van der Waals surface area contributed by atoms with Crippen LogP contribution < -0.4 is 4.74 Å². The average molecular weight is 232 g/mol. The first-order chi connectivity index (χ1) is 7.60. The maximum Gasteiger partial charge on any atom is 0.263 e. The minimum Gasteiger partial charge on any atom is -0.493 e. The fourth-order valence-corrected chi connectivity index (χ4v) is 1.43. The number of hydrogen-bond donors (Lipinski definition) is 0. The quantitative estimate of drug-likeness (QED) is 0.729. The summed E-state index contributed by atoms with van der Waals surface area (Å²) in [6, 6.07) is 1.91. The highest BCUT2D eigenvalue weighted by atomic mass is 19.3. The van der Waals surface area contributed by atoms with Crippen LogP contribution in [0, 0.1) is 5.82 Å². The van der Waals surface area contributed by atoms with Crippen molar-refractivity contribution in [1.29, 1.82) is 0 Å². The Morgan fingerprint density at radius 2 is 2.12 bits per heavy atom. The molecule has 1 aromatic carbocycles. The summed E-state index contributed by atoms with van der Waals surface area (Å²) in [6.07, 6.45) is -1.77. The Hall–Kier alpha value is -1.52. The Labute approximate surface area is 91.0 Å². The molecule has 0 aliphatic carbocycles. The second-order valence-electron chi connectivity index (χ2n) is 3.20. The number of carbonyl (C=O) groups excluding carboxylic acids is 1. The largest absolute Gasteiger partial charge is 0.493 e. The van der Waals surface area contributed by atoms with E-state index in [1.54, 1.807) is 0 Å². The standard InChI is InChI=1S/C11H11F3O2/c1-16-10-7(3-2-4-15)5-8(11(13)14)6-9(10)12/h4-6,11H,2-3H2,1H3. The predicted octanol–water partition coefficient (Wildman–Crippen LogP) is 2.90. The van der Waals surface area contributed by atoms with Crippen LogP contribution in [0.2, 0.25) is 0 Å². The van der Waals surface area contributed by atoms with Gasteiger partial charge in [-0.25, -0.2) is 13.2 Å². The number of hydrogen-bond acceptors (Lipinski definition) is 2. The van der Waals surface area contributed by atoms with Gasteiger partial charge < -0.3 is 9.53 Å². The minimum absolute atomic E-state index is 0.0775. The van der Waals surface area contributed by atoms with Crippen LogP contribution >= 0.6 is 0 Å². The molecule has 0 saturated carbocycles. The van der Waals surface area contributed by atoms with Crippen LogP contribution in [0.4, 0.5) is 13.2 Å². The molecule has 88 valence electrons. The summed E-state index contributed by atoms with van der Waals surface area (Å²) in [4.78, 5) is 10.2. The first-order valence-corrected chi connectivity index (χ1v) is 4.68. The number of aryl methyl sites for hydroxylation is 1. The van der Waals surface area contributed by atoms with Gasteiger partial charge in [-0.2, -0.15) is 0 Å². The summed E-state index contributed by atoms with van der Waals surface area (Å²) in [5.74, 6) is -0.910. The molecule has 0 amide bonds. The van der Waals surface area contributed by atoms with Gasteiger partial charge in [-0.15, -0.1) is 0 Å². The summed E-state index contributed by atoms with van der Waals surface area (Å²) in [5, 5.41) is 0. The van der Waals surface area contributed by atoms with Gasteiger partial charge in [0, 0.05) is 12.0 Å². The molecule has 0 saturated heterocycles. The van der Waals surface area contributed by atoms with Gasteiger partial charge in [0.15, 0.2) is 11.6 Å². The minimum atomic E-state index is -2.74. The van der Waals surface area contributed by atoms with Gasteiger partial charge in [-0.1, -0.05) is 0 Å². The maximum absolute atomic E-state index is 13.4. The fourth-order valence-electron chi connectivity index (χ4n) is 1.43. The summed E-state index contributed by atoms with van der Waals surface area (Å²) in [7, 11) is 1.25. The summed E-state index contributed by atoms with van der Waals surface area (Å²) in [6.45, 7) is 0. The van der Waals surface area contributed by atoms with E-state index in [1.165, 1.54) is 7.11 Å². The van der Waals surface area contributed by atoms with E-state index in [4.69, 9.17) is 4.74 Å². The molecule has 0 fully saturated rings. The number of benzene rings is 1. The molecule has 0 spiro atoms. The lowest BCUT2D eigenvalue weighted by molar-refractivity contribution is -0.107. The second kappa shape index (κ2) is 5.53. The molecule has 1 aromatic rings. The topological polar surface area (TPSA) is 26.3 Å². The molecule has 0 heterocycles. The molecule has 0 aromatic heterocycles. The van der Waals surface area contributed by atoms with E-state index in [1.807, 2.05) is 0 Å². The monoisotopic (exact) mass is 232 g/mol. The third-order valence-electron chi connectivity index (χ3n) is 2.13. The number of ether oxygens (including phenoxy) is 1. The lowest BCUT2D eigenvalue weighted by Gasteiger charge is -2.10. The molecular weight excluding hydrogens is 221 g/mol. The SMILES string of the molecule is COc1c(F)cc(C(F)F)cc1CCC=O. The zero-order valence-electron chi connectivity index (χ0n) is 8.67. The molecule has 5 heteroatoms. The van der Waals surface area contributed by atoms with Crippen molar-refractivity contribution in [3.05, 3.63) is 29.1 Å². The summed E-state index contributed by atoms with van der Waals surface area (Å²) < 4.78 is 42.9. The van der Waals surface area contributed by atoms with Gasteiger partial charge in [0.05, 0.1) is 7.11 Å². The van der Waals surface area contributed by atoms with Crippen molar-refractivity contribution in [3.63, 3.8) is 0 Å². The van der Waals surface area contributed by atoms with Crippen LogP contribution in [0.15, 0.2) is 12.1 Å². The van der Waals surface area contributed by atoms with E-state index >= 15 is 0 Å². The Bertz CT molecular complexity index is 378. The molecule has 0 N–H and O–H groups in total. The molecule has 0 aliphatic rings. The zero-order valence-corrected chi connectivity index (χ0v) is 8.67. The summed E-state index contributed by atoms with van der Waals surface area (Å²) >= 11 is 0. The van der Waals surface area contributed by atoms with Gasteiger partial charge >= 0.3 is 0 Å². The van der Waals surface area contributed by atoms with Gasteiger partial charge in [0.2, 0.25) is 0 Å². The van der Waals surface area contributed by atoms with Crippen molar-refractivity contribution >= 4 is 6.29 Å². The van der Waals surface area contributed by atoms with Crippen molar-refractivity contribution in [2.75, 3.05) is 7.11 Å². The van der Waals surface area contributed by atoms with Gasteiger partial charge in [0.25, 0.3) is 6.43 Å². The van der Waals surface area contributed by atoms with E-state index in [2.05, 4.69) is 0 Å². The first-order valence-electron chi connectivity index (χ1n) is 4.68. The molecule has 0 radical (unpaired) electrons. The smallest absolute Gasteiger partial charge is 0.263 e. The van der Waals surface area contributed by atoms with E-state index in [-0.39, 0.29) is 24.2 Å². The summed E-state index contributed by atoms with van der Waals surface area (Å²) in [5.41, 5.74) is -0.121. The highest BCUT2D eigenvalue weighted by Crippen LogP contribution is 2.29. The van der Waals surface area contributed by atoms with Crippen molar-refractivity contribution in [2.45, 2.75) is 19.3 Å². The Balaban J connectivity index is 3.13. The van der Waals surface area contributed by atoms with E-state index in [0.29, 0.717) is 6.29 Å². The van der Waals surface area contributed by atoms with Gasteiger partial charge in [-0.3, -0.25) is 0 Å². The molecule has 0 bridgehead atoms. The van der Waals surface area contributed by atoms with Crippen LogP contribution in [0.3, 0.4) is 0 Å². The Kier molecular flexibility index (Phi) is 4.34. The number of halogens is 3. The number of carbonyl (C=O) groups is 1. The zero-order chi connectivity index (χ0) is 12.1. The van der Waals surface area contributed by atoms with Crippen molar-refractivity contribution in [1.82, 2.24) is 0 Å². The maximum atomic E-state index is 13.4. The third kappa shape index (κ3) is 2.74. The Morgan fingerprint density at radius 3 is 2.62 bits per heavy atom. The fraction of sp³-hybridized carbons (Fsp3) is 0.364. The second-order valence-corrected chi connectivity index (χ2v) is 3.20. The molecule has 1 rings (SSSR count). The first kappa shape index (κ1) is 12.5. The molecule has 0 atom stereocenters. The number of aldehydes is 1. The molecule has 0 unspecified atom stereocenters. The van der Waals surface area contributed by atoms with E-state index < -0.39 is 17.8 Å². The number of alkyl halides is 2.